The highest BCUT2D eigenvalue weighted by Gasteiger charge is 2.26. The number of esters is 1. The van der Waals surface area contributed by atoms with Crippen LogP contribution in [0.5, 0.6) is 0 Å². The topological polar surface area (TPSA) is 90.3 Å². The van der Waals surface area contributed by atoms with Gasteiger partial charge in [0.1, 0.15) is 21.3 Å². The Morgan fingerprint density at radius 2 is 2.10 bits per heavy atom. The van der Waals surface area contributed by atoms with Gasteiger partial charge in [0.15, 0.2) is 6.10 Å². The van der Waals surface area contributed by atoms with Gasteiger partial charge in [-0.2, -0.15) is 0 Å². The summed E-state index contributed by atoms with van der Waals surface area (Å²) in [7, 11) is 0. The normalized spacial score (nSPS) is 14.5. The molecule has 1 N–H and O–H groups in total. The average Bonchev–Trinajstić information content (AvgIpc) is 2.89. The van der Waals surface area contributed by atoms with Gasteiger partial charge in [-0.3, -0.25) is 14.2 Å². The quantitative estimate of drug-likeness (QED) is 0.619. The maximum atomic E-state index is 13.3. The fourth-order valence-corrected chi connectivity index (χ4v) is 4.76. The van der Waals surface area contributed by atoms with E-state index in [0.29, 0.717) is 22.3 Å². The van der Waals surface area contributed by atoms with Crippen molar-refractivity contribution >= 4 is 39.1 Å². The van der Waals surface area contributed by atoms with Crippen molar-refractivity contribution in [3.63, 3.8) is 0 Å². The molecule has 0 spiro atoms. The number of anilines is 1. The van der Waals surface area contributed by atoms with Crippen LogP contribution in [0.4, 0.5) is 10.1 Å². The molecule has 0 fully saturated rings. The van der Waals surface area contributed by atoms with E-state index in [1.807, 2.05) is 0 Å². The molecule has 0 radical (unpaired) electrons. The lowest BCUT2D eigenvalue weighted by Crippen LogP contribution is -2.30. The van der Waals surface area contributed by atoms with E-state index in [2.05, 4.69) is 10.3 Å². The predicted molar refractivity (Wildman–Crippen MR) is 116 cm³/mol. The van der Waals surface area contributed by atoms with Crippen LogP contribution in [0.15, 0.2) is 29.1 Å². The number of hydrogen-bond acceptors (Lipinski definition) is 6. The number of ether oxygens (including phenoxy) is 1. The molecular formula is C22H22FN3O4S. The number of benzene rings is 1. The third-order valence-corrected chi connectivity index (χ3v) is 6.51. The number of rotatable bonds is 4. The summed E-state index contributed by atoms with van der Waals surface area (Å²) >= 11 is 1.11. The third kappa shape index (κ3) is 4.23. The molecule has 4 rings (SSSR count). The van der Waals surface area contributed by atoms with E-state index in [0.717, 1.165) is 42.8 Å². The Kier molecular flexibility index (Phi) is 5.86. The Bertz CT molecular complexity index is 1230. The minimum absolute atomic E-state index is 0.133. The summed E-state index contributed by atoms with van der Waals surface area (Å²) in [6.07, 6.45) is 2.60. The number of hydrogen-bond donors (Lipinski definition) is 1. The first kappa shape index (κ1) is 21.2. The smallest absolute Gasteiger partial charge is 0.349 e. The van der Waals surface area contributed by atoms with Gasteiger partial charge in [-0.25, -0.2) is 14.2 Å². The molecule has 162 valence electrons. The van der Waals surface area contributed by atoms with Crippen LogP contribution in [0.1, 0.15) is 47.2 Å². The molecule has 1 aliphatic rings. The molecule has 1 unspecified atom stereocenters. The van der Waals surface area contributed by atoms with Gasteiger partial charge in [0.25, 0.3) is 11.5 Å². The summed E-state index contributed by atoms with van der Waals surface area (Å²) in [5.74, 6) is -1.01. The highest BCUT2D eigenvalue weighted by atomic mass is 32.1. The zero-order valence-corrected chi connectivity index (χ0v) is 18.1. The standard InChI is InChI=1S/C22H22FN3O4S/c1-12-17-20(25-16-9-4-3-5-10-26(16)21(17)28)31-18(12)22(29)30-13(2)19(27)24-15-8-6-7-14(23)11-15/h6-8,11,13H,3-5,9-10H2,1-2H3,(H,24,27). The molecule has 1 aromatic carbocycles. The van der Waals surface area contributed by atoms with Crippen molar-refractivity contribution in [2.45, 2.75) is 52.2 Å². The molecule has 0 saturated heterocycles. The molecule has 3 aromatic rings. The highest BCUT2D eigenvalue weighted by molar-refractivity contribution is 7.20. The van der Waals surface area contributed by atoms with E-state index in [-0.39, 0.29) is 16.1 Å². The van der Waals surface area contributed by atoms with E-state index in [4.69, 9.17) is 4.74 Å². The van der Waals surface area contributed by atoms with Crippen LogP contribution in [-0.4, -0.2) is 27.5 Å². The van der Waals surface area contributed by atoms with E-state index in [9.17, 15) is 18.8 Å². The van der Waals surface area contributed by atoms with Crippen molar-refractivity contribution in [3.8, 4) is 0 Å². The number of nitrogens with one attached hydrogen (secondary N) is 1. The van der Waals surface area contributed by atoms with Crippen molar-refractivity contribution < 1.29 is 18.7 Å². The number of thiophene rings is 1. The monoisotopic (exact) mass is 443 g/mol. The molecule has 0 saturated carbocycles. The number of amides is 1. The van der Waals surface area contributed by atoms with Gasteiger partial charge in [0, 0.05) is 18.7 Å². The molecule has 2 aromatic heterocycles. The van der Waals surface area contributed by atoms with E-state index < -0.39 is 23.8 Å². The summed E-state index contributed by atoms with van der Waals surface area (Å²) < 4.78 is 20.3. The molecule has 1 aliphatic heterocycles. The summed E-state index contributed by atoms with van der Waals surface area (Å²) in [5.41, 5.74) is 0.649. The van der Waals surface area contributed by atoms with Crippen LogP contribution in [0.25, 0.3) is 10.2 Å². The predicted octanol–water partition coefficient (Wildman–Crippen LogP) is 3.82. The Morgan fingerprint density at radius 1 is 1.29 bits per heavy atom. The Morgan fingerprint density at radius 3 is 2.87 bits per heavy atom. The molecule has 1 atom stereocenters. The lowest BCUT2D eigenvalue weighted by molar-refractivity contribution is -0.123. The van der Waals surface area contributed by atoms with Crippen LogP contribution in [-0.2, 0) is 22.5 Å². The largest absolute Gasteiger partial charge is 0.448 e. The molecule has 31 heavy (non-hydrogen) atoms. The second-order valence-corrected chi connectivity index (χ2v) is 8.58. The van der Waals surface area contributed by atoms with Gasteiger partial charge in [-0.05, 0) is 50.5 Å². The Balaban J connectivity index is 1.56. The van der Waals surface area contributed by atoms with Gasteiger partial charge in [-0.15, -0.1) is 11.3 Å². The molecule has 3 heterocycles. The summed E-state index contributed by atoms with van der Waals surface area (Å²) in [6, 6.07) is 5.44. The second kappa shape index (κ2) is 8.58. The van der Waals surface area contributed by atoms with Crippen LogP contribution < -0.4 is 10.9 Å². The van der Waals surface area contributed by atoms with Crippen molar-refractivity contribution in [1.29, 1.82) is 0 Å². The number of fused-ring (bicyclic) bond motifs is 2. The molecule has 0 aliphatic carbocycles. The number of halogens is 1. The number of nitrogens with zero attached hydrogens (tertiary/aromatic N) is 2. The first-order valence-electron chi connectivity index (χ1n) is 10.2. The fraction of sp³-hybridized carbons (Fsp3) is 0.364. The molecule has 0 bridgehead atoms. The summed E-state index contributed by atoms with van der Waals surface area (Å²) in [6.45, 7) is 3.76. The first-order chi connectivity index (χ1) is 14.8. The van der Waals surface area contributed by atoms with Gasteiger partial charge >= 0.3 is 5.97 Å². The number of aryl methyl sites for hydroxylation is 2. The van der Waals surface area contributed by atoms with Crippen molar-refractivity contribution in [2.75, 3.05) is 5.32 Å². The average molecular weight is 444 g/mol. The van der Waals surface area contributed by atoms with Gasteiger partial charge in [0.2, 0.25) is 0 Å². The zero-order chi connectivity index (χ0) is 22.1. The molecular weight excluding hydrogens is 421 g/mol. The Hall–Kier alpha value is -3.07. The second-order valence-electron chi connectivity index (χ2n) is 7.58. The number of aromatic nitrogens is 2. The minimum Gasteiger partial charge on any atom is -0.448 e. The number of carbonyl (C=O) groups is 2. The van der Waals surface area contributed by atoms with Crippen LogP contribution >= 0.6 is 11.3 Å². The van der Waals surface area contributed by atoms with E-state index in [1.54, 1.807) is 11.5 Å². The molecule has 9 heteroatoms. The van der Waals surface area contributed by atoms with Crippen molar-refractivity contribution in [3.05, 3.63) is 56.7 Å². The number of carbonyl (C=O) groups excluding carboxylic acids is 2. The van der Waals surface area contributed by atoms with Gasteiger partial charge in [-0.1, -0.05) is 12.5 Å². The SMILES string of the molecule is Cc1c(C(=O)OC(C)C(=O)Nc2cccc(F)c2)sc2nc3n(c(=O)c12)CCCCC3. The fourth-order valence-electron chi connectivity index (χ4n) is 3.68. The molecule has 1 amide bonds. The maximum absolute atomic E-state index is 13.3. The lowest BCUT2D eigenvalue weighted by atomic mass is 10.2. The zero-order valence-electron chi connectivity index (χ0n) is 17.2. The van der Waals surface area contributed by atoms with Crippen LogP contribution in [0.2, 0.25) is 0 Å². The third-order valence-electron chi connectivity index (χ3n) is 5.34. The first-order valence-corrected chi connectivity index (χ1v) is 11.0. The van der Waals surface area contributed by atoms with Crippen LogP contribution in [0.3, 0.4) is 0 Å². The van der Waals surface area contributed by atoms with E-state index >= 15 is 0 Å². The minimum atomic E-state index is -1.11. The summed E-state index contributed by atoms with van der Waals surface area (Å²) in [4.78, 5) is 43.5. The van der Waals surface area contributed by atoms with Crippen LogP contribution in [0, 0.1) is 12.7 Å². The Labute approximate surface area is 181 Å². The highest BCUT2D eigenvalue weighted by Crippen LogP contribution is 2.29. The van der Waals surface area contributed by atoms with Crippen molar-refractivity contribution in [2.24, 2.45) is 0 Å². The van der Waals surface area contributed by atoms with E-state index in [1.165, 1.54) is 31.2 Å². The lowest BCUT2D eigenvalue weighted by Gasteiger charge is -2.13. The van der Waals surface area contributed by atoms with Gasteiger partial charge < -0.3 is 10.1 Å². The molecule has 7 nitrogen and oxygen atoms in total. The summed E-state index contributed by atoms with van der Waals surface area (Å²) in [5, 5.41) is 2.94. The maximum Gasteiger partial charge on any atom is 0.349 e. The van der Waals surface area contributed by atoms with Crippen molar-refractivity contribution in [1.82, 2.24) is 9.55 Å². The van der Waals surface area contributed by atoms with Gasteiger partial charge in [0.05, 0.1) is 5.39 Å².